The number of ketones is 2. The molecule has 2 rings (SSSR count). The molecule has 0 atom stereocenters. The first-order chi connectivity index (χ1) is 11.0. The monoisotopic (exact) mass is 307 g/mol. The Bertz CT molecular complexity index is 700. The summed E-state index contributed by atoms with van der Waals surface area (Å²) in [5.41, 5.74) is 1.11. The molecule has 0 radical (unpaired) electrons. The summed E-state index contributed by atoms with van der Waals surface area (Å²) in [5.74, 6) is -0.0632. The fraction of sp³-hybridized carbons (Fsp3) is 0.200. The zero-order valence-electron chi connectivity index (χ0n) is 13.5. The van der Waals surface area contributed by atoms with Crippen LogP contribution in [0.3, 0.4) is 0 Å². The molecule has 0 heterocycles. The van der Waals surface area contributed by atoms with E-state index in [1.165, 1.54) is 0 Å². The summed E-state index contributed by atoms with van der Waals surface area (Å²) < 4.78 is 0. The topological polar surface area (TPSA) is 46.2 Å². The summed E-state index contributed by atoms with van der Waals surface area (Å²) in [6.07, 6.45) is 1.72. The van der Waals surface area contributed by atoms with Crippen molar-refractivity contribution in [1.29, 1.82) is 0 Å². The van der Waals surface area contributed by atoms with Crippen LogP contribution < -0.4 is 5.32 Å². The van der Waals surface area contributed by atoms with Gasteiger partial charge >= 0.3 is 0 Å². The lowest BCUT2D eigenvalue weighted by Gasteiger charge is -2.24. The molecule has 2 aromatic rings. The van der Waals surface area contributed by atoms with Crippen molar-refractivity contribution in [3.8, 4) is 0 Å². The van der Waals surface area contributed by atoms with E-state index >= 15 is 0 Å². The smallest absolute Gasteiger partial charge is 0.193 e. The molecule has 0 saturated heterocycles. The lowest BCUT2D eigenvalue weighted by atomic mass is 9.92. The van der Waals surface area contributed by atoms with Gasteiger partial charge in [0.1, 0.15) is 0 Å². The molecule has 0 amide bonds. The average Bonchev–Trinajstić information content (AvgIpc) is 2.59. The predicted molar refractivity (Wildman–Crippen MR) is 92.9 cm³/mol. The van der Waals surface area contributed by atoms with Crippen LogP contribution in [0.1, 0.15) is 40.1 Å². The molecule has 1 N–H and O–H groups in total. The van der Waals surface area contributed by atoms with Crippen molar-refractivity contribution in [1.82, 2.24) is 5.32 Å². The van der Waals surface area contributed by atoms with Gasteiger partial charge < -0.3 is 5.32 Å². The molecule has 0 fully saturated rings. The molecule has 23 heavy (non-hydrogen) atoms. The van der Waals surface area contributed by atoms with Gasteiger partial charge in [-0.15, -0.1) is 6.58 Å². The number of nitrogens with one attached hydrogen (secondary N) is 1. The molecule has 0 unspecified atom stereocenters. The molecular weight excluding hydrogens is 286 g/mol. The van der Waals surface area contributed by atoms with Crippen molar-refractivity contribution in [2.75, 3.05) is 6.54 Å². The first-order valence-electron chi connectivity index (χ1n) is 7.56. The zero-order valence-corrected chi connectivity index (χ0v) is 13.5. The molecule has 0 aromatic heterocycles. The number of carbonyl (C=O) groups excluding carboxylic acids is 2. The van der Waals surface area contributed by atoms with Crippen LogP contribution in [0.25, 0.3) is 0 Å². The number of hydrogen-bond donors (Lipinski definition) is 1. The molecule has 0 aliphatic heterocycles. The summed E-state index contributed by atoms with van der Waals surface area (Å²) in [5, 5.41) is 3.14. The molecule has 0 bridgehead atoms. The number of rotatable bonds is 7. The minimum absolute atomic E-state index is 0.0157. The first kappa shape index (κ1) is 16.8. The van der Waals surface area contributed by atoms with Gasteiger partial charge in [-0.25, -0.2) is 0 Å². The van der Waals surface area contributed by atoms with E-state index < -0.39 is 5.54 Å². The fourth-order valence-electron chi connectivity index (χ4n) is 2.30. The molecule has 3 heteroatoms. The van der Waals surface area contributed by atoms with Crippen molar-refractivity contribution < 1.29 is 9.59 Å². The van der Waals surface area contributed by atoms with Crippen molar-refractivity contribution in [2.45, 2.75) is 19.4 Å². The van der Waals surface area contributed by atoms with E-state index in [-0.39, 0.29) is 11.6 Å². The lowest BCUT2D eigenvalue weighted by Crippen LogP contribution is -2.46. The lowest BCUT2D eigenvalue weighted by molar-refractivity contribution is 0.0885. The summed E-state index contributed by atoms with van der Waals surface area (Å²) in [4.78, 5) is 24.9. The van der Waals surface area contributed by atoms with E-state index in [0.717, 1.165) is 0 Å². The van der Waals surface area contributed by atoms with Crippen LogP contribution in [-0.4, -0.2) is 23.7 Å². The van der Waals surface area contributed by atoms with Crippen molar-refractivity contribution in [3.05, 3.63) is 83.9 Å². The van der Waals surface area contributed by atoms with Gasteiger partial charge in [0, 0.05) is 23.2 Å². The molecule has 0 aliphatic rings. The Morgan fingerprint density at radius 2 is 1.48 bits per heavy atom. The summed E-state index contributed by atoms with van der Waals surface area (Å²) in [6.45, 7) is 7.87. The largest absolute Gasteiger partial charge is 0.302 e. The van der Waals surface area contributed by atoms with Crippen molar-refractivity contribution in [2.24, 2.45) is 0 Å². The highest BCUT2D eigenvalue weighted by Gasteiger charge is 2.27. The van der Waals surface area contributed by atoms with Gasteiger partial charge in [0.2, 0.25) is 0 Å². The third kappa shape index (κ3) is 4.02. The maximum Gasteiger partial charge on any atom is 0.193 e. The van der Waals surface area contributed by atoms with E-state index in [4.69, 9.17) is 0 Å². The Kier molecular flexibility index (Phi) is 5.24. The number of Topliss-reactive ketones (excluding diaryl/α,β-unsaturated/α-hetero) is 1. The van der Waals surface area contributed by atoms with Gasteiger partial charge in [0.15, 0.2) is 11.6 Å². The maximum absolute atomic E-state index is 12.5. The van der Waals surface area contributed by atoms with Crippen molar-refractivity contribution >= 4 is 11.6 Å². The Morgan fingerprint density at radius 1 is 0.957 bits per heavy atom. The molecule has 0 saturated carbocycles. The summed E-state index contributed by atoms with van der Waals surface area (Å²) in [6, 6.07) is 15.9. The van der Waals surface area contributed by atoms with Crippen LogP contribution in [-0.2, 0) is 0 Å². The van der Waals surface area contributed by atoms with E-state index in [1.54, 1.807) is 42.5 Å². The van der Waals surface area contributed by atoms with E-state index in [2.05, 4.69) is 11.9 Å². The van der Waals surface area contributed by atoms with Crippen LogP contribution in [0.4, 0.5) is 0 Å². The normalized spacial score (nSPS) is 11.0. The maximum atomic E-state index is 12.5. The highest BCUT2D eigenvalue weighted by atomic mass is 16.1. The van der Waals surface area contributed by atoms with Gasteiger partial charge in [0.05, 0.1) is 5.54 Å². The first-order valence-corrected chi connectivity index (χ1v) is 7.56. The van der Waals surface area contributed by atoms with E-state index in [1.807, 2.05) is 32.0 Å². The van der Waals surface area contributed by atoms with Gasteiger partial charge in [-0.3, -0.25) is 9.59 Å². The van der Waals surface area contributed by atoms with Crippen LogP contribution in [0.15, 0.2) is 67.3 Å². The molecule has 2 aromatic carbocycles. The second-order valence-corrected chi connectivity index (χ2v) is 5.90. The van der Waals surface area contributed by atoms with Crippen molar-refractivity contribution in [3.63, 3.8) is 0 Å². The summed E-state index contributed by atoms with van der Waals surface area (Å²) >= 11 is 0. The Hall–Kier alpha value is -2.52. The Balaban J connectivity index is 2.18. The minimum Gasteiger partial charge on any atom is -0.302 e. The van der Waals surface area contributed by atoms with Gasteiger partial charge in [-0.1, -0.05) is 60.7 Å². The number of carbonyl (C=O) groups is 2. The highest BCUT2D eigenvalue weighted by molar-refractivity contribution is 6.10. The highest BCUT2D eigenvalue weighted by Crippen LogP contribution is 2.16. The van der Waals surface area contributed by atoms with E-state index in [9.17, 15) is 9.59 Å². The third-order valence-electron chi connectivity index (χ3n) is 3.70. The van der Waals surface area contributed by atoms with Gasteiger partial charge in [-0.2, -0.15) is 0 Å². The molecule has 118 valence electrons. The van der Waals surface area contributed by atoms with Crippen LogP contribution in [0.2, 0.25) is 0 Å². The SMILES string of the molecule is C=CCNC(C)(C)C(=O)c1ccc(C(=O)c2ccccc2)cc1. The summed E-state index contributed by atoms with van der Waals surface area (Å²) in [7, 11) is 0. The molecule has 3 nitrogen and oxygen atoms in total. The second kappa shape index (κ2) is 7.16. The fourth-order valence-corrected chi connectivity index (χ4v) is 2.30. The van der Waals surface area contributed by atoms with E-state index in [0.29, 0.717) is 23.2 Å². The number of hydrogen-bond acceptors (Lipinski definition) is 3. The van der Waals surface area contributed by atoms with Crippen LogP contribution >= 0.6 is 0 Å². The van der Waals surface area contributed by atoms with Gasteiger partial charge in [0.25, 0.3) is 0 Å². The zero-order chi connectivity index (χ0) is 16.9. The van der Waals surface area contributed by atoms with Crippen LogP contribution in [0, 0.1) is 0 Å². The standard InChI is InChI=1S/C20H21NO2/c1-4-14-21-20(2,3)19(23)17-12-10-16(11-13-17)18(22)15-8-6-5-7-9-15/h4-13,21H,1,14H2,2-3H3. The third-order valence-corrected chi connectivity index (χ3v) is 3.70. The average molecular weight is 307 g/mol. The van der Waals surface area contributed by atoms with Crippen LogP contribution in [0.5, 0.6) is 0 Å². The van der Waals surface area contributed by atoms with Gasteiger partial charge in [-0.05, 0) is 13.8 Å². The number of benzene rings is 2. The molecule has 0 spiro atoms. The molecular formula is C20H21NO2. The Labute approximate surface area is 137 Å². The minimum atomic E-state index is -0.681. The predicted octanol–water partition coefficient (Wildman–Crippen LogP) is 3.65. The molecule has 0 aliphatic carbocycles. The quantitative estimate of drug-likeness (QED) is 0.627. The second-order valence-electron chi connectivity index (χ2n) is 5.90. The Morgan fingerprint density at radius 3 is 2.04 bits per heavy atom.